The molecule has 1 aliphatic heterocycles. The maximum atomic E-state index is 11.2. The maximum Gasteiger partial charge on any atom is 0.303 e. The van der Waals surface area contributed by atoms with Gasteiger partial charge < -0.3 is 24.1 Å². The van der Waals surface area contributed by atoms with Gasteiger partial charge >= 0.3 is 17.9 Å². The van der Waals surface area contributed by atoms with Gasteiger partial charge in [-0.25, -0.2) is 0 Å². The summed E-state index contributed by atoms with van der Waals surface area (Å²) in [4.78, 5) is 33.3. The predicted octanol–water partition coefficient (Wildman–Crippen LogP) is -0.481. The number of carbonyl (C=O) groups excluding carboxylic acids is 3. The number of aliphatic hydroxyl groups is 1. The molecular formula is C12H18O8. The lowest BCUT2D eigenvalue weighted by molar-refractivity contribution is -0.288. The number of aliphatic hydroxyl groups excluding tert-OH is 1. The third-order valence-electron chi connectivity index (χ3n) is 2.65. The van der Waals surface area contributed by atoms with E-state index in [1.54, 1.807) is 0 Å². The first-order chi connectivity index (χ1) is 9.22. The molecule has 0 amide bonds. The molecule has 0 unspecified atom stereocenters. The average Bonchev–Trinajstić information content (AvgIpc) is 2.27. The lowest BCUT2D eigenvalue weighted by Gasteiger charge is -2.41. The fourth-order valence-electron chi connectivity index (χ4n) is 1.99. The van der Waals surface area contributed by atoms with E-state index in [-0.39, 0.29) is 0 Å². The Kier molecular flexibility index (Phi) is 5.46. The van der Waals surface area contributed by atoms with E-state index < -0.39 is 48.6 Å². The molecule has 0 aromatic heterocycles. The van der Waals surface area contributed by atoms with E-state index in [2.05, 4.69) is 0 Å². The van der Waals surface area contributed by atoms with Crippen molar-refractivity contribution < 1.29 is 38.4 Å². The summed E-state index contributed by atoms with van der Waals surface area (Å²) in [7, 11) is 0. The zero-order valence-corrected chi connectivity index (χ0v) is 11.7. The van der Waals surface area contributed by atoms with Crippen molar-refractivity contribution in [2.45, 2.75) is 58.4 Å². The van der Waals surface area contributed by atoms with Crippen LogP contribution in [0.3, 0.4) is 0 Å². The molecule has 1 aliphatic rings. The quantitative estimate of drug-likeness (QED) is 0.548. The van der Waals surface area contributed by atoms with Crippen molar-refractivity contribution in [1.29, 1.82) is 0 Å². The summed E-state index contributed by atoms with van der Waals surface area (Å²) in [6, 6.07) is 0. The largest absolute Gasteiger partial charge is 0.456 e. The van der Waals surface area contributed by atoms with E-state index in [1.807, 2.05) is 0 Å². The van der Waals surface area contributed by atoms with Crippen molar-refractivity contribution in [3.8, 4) is 0 Å². The number of hydrogen-bond acceptors (Lipinski definition) is 8. The van der Waals surface area contributed by atoms with Crippen LogP contribution < -0.4 is 0 Å². The molecule has 0 radical (unpaired) electrons. The fraction of sp³-hybridized carbons (Fsp3) is 0.750. The van der Waals surface area contributed by atoms with Gasteiger partial charge in [-0.1, -0.05) is 0 Å². The van der Waals surface area contributed by atoms with Crippen molar-refractivity contribution in [1.82, 2.24) is 0 Å². The van der Waals surface area contributed by atoms with Crippen molar-refractivity contribution >= 4 is 17.9 Å². The lowest BCUT2D eigenvalue weighted by atomic mass is 9.99. The van der Waals surface area contributed by atoms with Crippen molar-refractivity contribution in [2.24, 2.45) is 0 Å². The SMILES string of the molecule is CC(=O)O[C@@H]1[C@@H](OC(C)=O)[C@@H](O)O[C@H](C)[C@H]1OC(C)=O. The summed E-state index contributed by atoms with van der Waals surface area (Å²) in [5.74, 6) is -1.96. The highest BCUT2D eigenvalue weighted by Crippen LogP contribution is 2.27. The van der Waals surface area contributed by atoms with Gasteiger partial charge in [0, 0.05) is 20.8 Å². The topological polar surface area (TPSA) is 108 Å². The Morgan fingerprint density at radius 3 is 1.70 bits per heavy atom. The monoisotopic (exact) mass is 290 g/mol. The summed E-state index contributed by atoms with van der Waals surface area (Å²) >= 11 is 0. The van der Waals surface area contributed by atoms with Crippen LogP contribution in [0.1, 0.15) is 27.7 Å². The number of ether oxygens (including phenoxy) is 4. The molecule has 1 heterocycles. The Morgan fingerprint density at radius 2 is 1.25 bits per heavy atom. The van der Waals surface area contributed by atoms with E-state index in [4.69, 9.17) is 18.9 Å². The second-order valence-electron chi connectivity index (χ2n) is 4.45. The Labute approximate surface area is 115 Å². The van der Waals surface area contributed by atoms with Crippen LogP contribution in [0.5, 0.6) is 0 Å². The zero-order chi connectivity index (χ0) is 15.4. The van der Waals surface area contributed by atoms with Gasteiger partial charge in [0.1, 0.15) is 0 Å². The molecular weight excluding hydrogens is 272 g/mol. The van der Waals surface area contributed by atoms with E-state index in [0.717, 1.165) is 13.8 Å². The molecule has 20 heavy (non-hydrogen) atoms. The highest BCUT2D eigenvalue weighted by molar-refractivity contribution is 5.68. The highest BCUT2D eigenvalue weighted by Gasteiger charge is 2.49. The molecule has 8 nitrogen and oxygen atoms in total. The molecule has 1 saturated heterocycles. The number of rotatable bonds is 3. The van der Waals surface area contributed by atoms with Crippen molar-refractivity contribution in [3.05, 3.63) is 0 Å². The fourth-order valence-corrected chi connectivity index (χ4v) is 1.99. The number of carbonyl (C=O) groups is 3. The van der Waals surface area contributed by atoms with Gasteiger partial charge in [0.05, 0.1) is 6.10 Å². The Bertz CT molecular complexity index is 365. The second kappa shape index (κ2) is 6.67. The second-order valence-corrected chi connectivity index (χ2v) is 4.45. The van der Waals surface area contributed by atoms with E-state index in [9.17, 15) is 19.5 Å². The van der Waals surface area contributed by atoms with Crippen LogP contribution in [0.25, 0.3) is 0 Å². The minimum absolute atomic E-state index is 0.611. The molecule has 8 heteroatoms. The van der Waals surface area contributed by atoms with E-state index >= 15 is 0 Å². The standard InChI is InChI=1S/C12H18O8/c1-5-9(18-6(2)13)10(19-7(3)14)11(12(16)17-5)20-8(4)15/h5,9-12,16H,1-4H3/t5-,9-,10+,11-,12+/m1/s1. The molecule has 0 aliphatic carbocycles. The number of esters is 3. The van der Waals surface area contributed by atoms with Crippen LogP contribution >= 0.6 is 0 Å². The van der Waals surface area contributed by atoms with Gasteiger partial charge in [-0.05, 0) is 6.92 Å². The molecule has 0 saturated carbocycles. The summed E-state index contributed by atoms with van der Waals surface area (Å²) in [5.41, 5.74) is 0. The third-order valence-corrected chi connectivity index (χ3v) is 2.65. The first-order valence-corrected chi connectivity index (χ1v) is 6.07. The smallest absolute Gasteiger partial charge is 0.303 e. The number of hydrogen-bond donors (Lipinski definition) is 1. The molecule has 0 bridgehead atoms. The lowest BCUT2D eigenvalue weighted by Crippen LogP contribution is -2.60. The van der Waals surface area contributed by atoms with Gasteiger partial charge in [-0.3, -0.25) is 14.4 Å². The molecule has 5 atom stereocenters. The molecule has 1 fully saturated rings. The Hall–Kier alpha value is -1.67. The van der Waals surface area contributed by atoms with Crippen LogP contribution in [0.15, 0.2) is 0 Å². The van der Waals surface area contributed by atoms with Gasteiger partial charge in [0.15, 0.2) is 24.6 Å². The molecule has 0 spiro atoms. The van der Waals surface area contributed by atoms with Crippen molar-refractivity contribution in [3.63, 3.8) is 0 Å². The third kappa shape index (κ3) is 4.17. The van der Waals surface area contributed by atoms with Gasteiger partial charge in [0.25, 0.3) is 0 Å². The van der Waals surface area contributed by atoms with Crippen LogP contribution in [-0.4, -0.2) is 53.7 Å². The molecule has 1 N–H and O–H groups in total. The summed E-state index contributed by atoms with van der Waals surface area (Å²) in [6.07, 6.45) is -5.60. The predicted molar refractivity (Wildman–Crippen MR) is 63.2 cm³/mol. The van der Waals surface area contributed by atoms with Crippen LogP contribution in [0.2, 0.25) is 0 Å². The summed E-state index contributed by atoms with van der Waals surface area (Å²) in [6.45, 7) is 5.01. The molecule has 0 aromatic rings. The van der Waals surface area contributed by atoms with Crippen LogP contribution in [0, 0.1) is 0 Å². The van der Waals surface area contributed by atoms with Gasteiger partial charge in [-0.2, -0.15) is 0 Å². The first-order valence-electron chi connectivity index (χ1n) is 6.07. The molecule has 114 valence electrons. The zero-order valence-electron chi connectivity index (χ0n) is 11.7. The Morgan fingerprint density at radius 1 is 0.850 bits per heavy atom. The van der Waals surface area contributed by atoms with Crippen LogP contribution in [0.4, 0.5) is 0 Å². The minimum Gasteiger partial charge on any atom is -0.456 e. The minimum atomic E-state index is -1.48. The molecule has 0 aromatic carbocycles. The van der Waals surface area contributed by atoms with Gasteiger partial charge in [-0.15, -0.1) is 0 Å². The average molecular weight is 290 g/mol. The maximum absolute atomic E-state index is 11.2. The highest BCUT2D eigenvalue weighted by atomic mass is 16.7. The normalized spacial score (nSPS) is 33.1. The Balaban J connectivity index is 3.01. The van der Waals surface area contributed by atoms with Gasteiger partial charge in [0.2, 0.25) is 0 Å². The summed E-state index contributed by atoms with van der Waals surface area (Å²) < 4.78 is 20.1. The molecule has 1 rings (SSSR count). The summed E-state index contributed by atoms with van der Waals surface area (Å²) in [5, 5.41) is 9.79. The van der Waals surface area contributed by atoms with E-state index in [0.29, 0.717) is 0 Å². The first kappa shape index (κ1) is 16.4. The van der Waals surface area contributed by atoms with Crippen LogP contribution in [-0.2, 0) is 33.3 Å². The van der Waals surface area contributed by atoms with E-state index in [1.165, 1.54) is 13.8 Å². The van der Waals surface area contributed by atoms with Crippen molar-refractivity contribution in [2.75, 3.05) is 0 Å².